The molecular weight excluding hydrogens is 393 g/mol. The molecule has 1 atom stereocenters. The summed E-state index contributed by atoms with van der Waals surface area (Å²) in [5.41, 5.74) is 5.70. The molecule has 2 aromatic carbocycles. The first kappa shape index (κ1) is 19.1. The summed E-state index contributed by atoms with van der Waals surface area (Å²) in [7, 11) is 0. The van der Waals surface area contributed by atoms with Gasteiger partial charge in [-0.2, -0.15) is 0 Å². The number of carbonyl (C=O) groups is 3. The van der Waals surface area contributed by atoms with Crippen molar-refractivity contribution in [2.75, 3.05) is 5.32 Å². The van der Waals surface area contributed by atoms with Crippen LogP contribution in [0.3, 0.4) is 0 Å². The Balaban J connectivity index is 1.36. The van der Waals surface area contributed by atoms with Gasteiger partial charge in [-0.1, -0.05) is 12.1 Å². The maximum absolute atomic E-state index is 13.1. The van der Waals surface area contributed by atoms with Gasteiger partial charge in [-0.25, -0.2) is 9.37 Å². The SMILES string of the molecule is O=C(C[C@@H]1Oc2ccccc2NC1=O)NNC(=O)c1cncn1-c1ccc(F)cc1. The second-order valence-corrected chi connectivity index (χ2v) is 6.42. The molecule has 1 aromatic heterocycles. The molecule has 0 aliphatic carbocycles. The summed E-state index contributed by atoms with van der Waals surface area (Å²) in [4.78, 5) is 40.6. The predicted molar refractivity (Wildman–Crippen MR) is 103 cm³/mol. The number of imidazole rings is 1. The fourth-order valence-electron chi connectivity index (χ4n) is 2.91. The van der Waals surface area contributed by atoms with E-state index >= 15 is 0 Å². The zero-order valence-corrected chi connectivity index (χ0v) is 15.5. The fourth-order valence-corrected chi connectivity index (χ4v) is 2.91. The second kappa shape index (κ2) is 8.03. The zero-order valence-electron chi connectivity index (χ0n) is 15.5. The number of rotatable bonds is 4. The van der Waals surface area contributed by atoms with E-state index in [1.807, 2.05) is 0 Å². The van der Waals surface area contributed by atoms with Crippen LogP contribution in [0.5, 0.6) is 5.75 Å². The standard InChI is InChI=1S/C20H16FN5O4/c21-12-5-7-13(8-6-12)26-11-22-10-15(26)19(28)25-24-18(27)9-17-20(29)23-14-3-1-2-4-16(14)30-17/h1-8,10-11,17H,9H2,(H,23,29)(H,24,27)(H,25,28)/t17-/m0/s1. The Bertz CT molecular complexity index is 1110. The lowest BCUT2D eigenvalue weighted by Crippen LogP contribution is -2.46. The maximum Gasteiger partial charge on any atom is 0.288 e. The summed E-state index contributed by atoms with van der Waals surface area (Å²) in [5.74, 6) is -1.65. The van der Waals surface area contributed by atoms with Crippen LogP contribution in [0, 0.1) is 5.82 Å². The smallest absolute Gasteiger partial charge is 0.288 e. The molecule has 1 aliphatic rings. The van der Waals surface area contributed by atoms with E-state index in [2.05, 4.69) is 21.2 Å². The molecule has 0 fully saturated rings. The summed E-state index contributed by atoms with van der Waals surface area (Å²) in [6, 6.07) is 12.4. The molecule has 152 valence electrons. The quantitative estimate of drug-likeness (QED) is 0.566. The second-order valence-electron chi connectivity index (χ2n) is 6.42. The highest BCUT2D eigenvalue weighted by Gasteiger charge is 2.29. The minimum atomic E-state index is -1.03. The monoisotopic (exact) mass is 409 g/mol. The van der Waals surface area contributed by atoms with Gasteiger partial charge in [0.25, 0.3) is 11.8 Å². The summed E-state index contributed by atoms with van der Waals surface area (Å²) < 4.78 is 20.1. The number of para-hydroxylation sites is 2. The minimum Gasteiger partial charge on any atom is -0.478 e. The molecular formula is C20H16FN5O4. The van der Waals surface area contributed by atoms with Gasteiger partial charge in [-0.3, -0.25) is 29.8 Å². The Kier molecular flexibility index (Phi) is 5.12. The molecule has 0 unspecified atom stereocenters. The fraction of sp³-hybridized carbons (Fsp3) is 0.100. The van der Waals surface area contributed by atoms with E-state index in [0.29, 0.717) is 17.1 Å². The third-order valence-corrected chi connectivity index (χ3v) is 4.37. The lowest BCUT2D eigenvalue weighted by atomic mass is 10.1. The van der Waals surface area contributed by atoms with Gasteiger partial charge < -0.3 is 10.1 Å². The molecule has 9 nitrogen and oxygen atoms in total. The largest absolute Gasteiger partial charge is 0.478 e. The van der Waals surface area contributed by atoms with Crippen LogP contribution >= 0.6 is 0 Å². The van der Waals surface area contributed by atoms with E-state index in [1.54, 1.807) is 24.3 Å². The molecule has 0 bridgehead atoms. The Morgan fingerprint density at radius 2 is 1.90 bits per heavy atom. The van der Waals surface area contributed by atoms with Crippen LogP contribution in [0.1, 0.15) is 16.9 Å². The van der Waals surface area contributed by atoms with Crippen molar-refractivity contribution in [2.45, 2.75) is 12.5 Å². The number of hydrogen-bond donors (Lipinski definition) is 3. The highest BCUT2D eigenvalue weighted by Crippen LogP contribution is 2.29. The number of ether oxygens (including phenoxy) is 1. The average molecular weight is 409 g/mol. The Hall–Kier alpha value is -4.21. The summed E-state index contributed by atoms with van der Waals surface area (Å²) in [6.45, 7) is 0. The average Bonchev–Trinajstić information content (AvgIpc) is 3.23. The number of amides is 3. The van der Waals surface area contributed by atoms with Gasteiger partial charge >= 0.3 is 0 Å². The Labute approximate surface area is 169 Å². The Morgan fingerprint density at radius 3 is 2.70 bits per heavy atom. The number of halogens is 1. The summed E-state index contributed by atoms with van der Waals surface area (Å²) in [6.07, 6.45) is 1.38. The van der Waals surface area contributed by atoms with Crippen LogP contribution in [0.15, 0.2) is 61.1 Å². The molecule has 10 heteroatoms. The number of benzene rings is 2. The van der Waals surface area contributed by atoms with Crippen molar-refractivity contribution in [1.82, 2.24) is 20.4 Å². The van der Waals surface area contributed by atoms with Crippen molar-refractivity contribution in [3.8, 4) is 11.4 Å². The molecule has 30 heavy (non-hydrogen) atoms. The number of carbonyl (C=O) groups excluding carboxylic acids is 3. The number of nitrogens with zero attached hydrogens (tertiary/aromatic N) is 2. The molecule has 0 saturated heterocycles. The number of aromatic nitrogens is 2. The van der Waals surface area contributed by atoms with E-state index in [1.165, 1.54) is 41.4 Å². The molecule has 0 spiro atoms. The van der Waals surface area contributed by atoms with E-state index < -0.39 is 29.6 Å². The first-order valence-electron chi connectivity index (χ1n) is 8.95. The van der Waals surface area contributed by atoms with E-state index in [0.717, 1.165) is 0 Å². The van der Waals surface area contributed by atoms with Gasteiger partial charge in [0.2, 0.25) is 5.91 Å². The topological polar surface area (TPSA) is 114 Å². The molecule has 1 aliphatic heterocycles. The normalized spacial score (nSPS) is 14.8. The van der Waals surface area contributed by atoms with Gasteiger partial charge in [0.15, 0.2) is 6.10 Å². The summed E-state index contributed by atoms with van der Waals surface area (Å²) >= 11 is 0. The van der Waals surface area contributed by atoms with Crippen molar-refractivity contribution >= 4 is 23.4 Å². The van der Waals surface area contributed by atoms with Crippen molar-refractivity contribution in [1.29, 1.82) is 0 Å². The lowest BCUT2D eigenvalue weighted by Gasteiger charge is -2.25. The highest BCUT2D eigenvalue weighted by atomic mass is 19.1. The lowest BCUT2D eigenvalue weighted by molar-refractivity contribution is -0.130. The molecule has 0 radical (unpaired) electrons. The number of hydrazine groups is 1. The van der Waals surface area contributed by atoms with Gasteiger partial charge in [-0.05, 0) is 36.4 Å². The molecule has 3 aromatic rings. The number of fused-ring (bicyclic) bond motifs is 1. The first-order chi connectivity index (χ1) is 14.5. The molecule has 3 N–H and O–H groups in total. The highest BCUT2D eigenvalue weighted by molar-refractivity contribution is 6.00. The van der Waals surface area contributed by atoms with Crippen LogP contribution in [0.4, 0.5) is 10.1 Å². The van der Waals surface area contributed by atoms with Crippen molar-refractivity contribution in [3.05, 3.63) is 72.6 Å². The molecule has 0 saturated carbocycles. The van der Waals surface area contributed by atoms with Gasteiger partial charge in [0.1, 0.15) is 17.3 Å². The van der Waals surface area contributed by atoms with E-state index in [4.69, 9.17) is 4.74 Å². The van der Waals surface area contributed by atoms with Crippen LogP contribution in [-0.2, 0) is 9.59 Å². The Morgan fingerprint density at radius 1 is 1.13 bits per heavy atom. The zero-order chi connectivity index (χ0) is 21.1. The predicted octanol–water partition coefficient (Wildman–Crippen LogP) is 1.56. The molecule has 4 rings (SSSR count). The van der Waals surface area contributed by atoms with Crippen molar-refractivity contribution < 1.29 is 23.5 Å². The van der Waals surface area contributed by atoms with Crippen LogP contribution < -0.4 is 20.9 Å². The third-order valence-electron chi connectivity index (χ3n) is 4.37. The number of anilines is 1. The van der Waals surface area contributed by atoms with E-state index in [9.17, 15) is 18.8 Å². The number of hydrogen-bond acceptors (Lipinski definition) is 5. The van der Waals surface area contributed by atoms with Gasteiger partial charge in [0.05, 0.1) is 24.6 Å². The van der Waals surface area contributed by atoms with Gasteiger partial charge in [-0.15, -0.1) is 0 Å². The van der Waals surface area contributed by atoms with Gasteiger partial charge in [0, 0.05) is 5.69 Å². The van der Waals surface area contributed by atoms with Crippen LogP contribution in [0.25, 0.3) is 5.69 Å². The molecule has 2 heterocycles. The third kappa shape index (κ3) is 3.97. The number of nitrogens with one attached hydrogen (secondary N) is 3. The van der Waals surface area contributed by atoms with Crippen LogP contribution in [0.2, 0.25) is 0 Å². The van der Waals surface area contributed by atoms with E-state index in [-0.39, 0.29) is 12.1 Å². The molecule has 3 amide bonds. The van der Waals surface area contributed by atoms with Crippen molar-refractivity contribution in [3.63, 3.8) is 0 Å². The maximum atomic E-state index is 13.1. The van der Waals surface area contributed by atoms with Crippen LogP contribution in [-0.4, -0.2) is 33.4 Å². The minimum absolute atomic E-state index is 0.127. The van der Waals surface area contributed by atoms with Crippen molar-refractivity contribution in [2.24, 2.45) is 0 Å². The first-order valence-corrected chi connectivity index (χ1v) is 8.95. The summed E-state index contributed by atoms with van der Waals surface area (Å²) in [5, 5.41) is 2.66.